The smallest absolute Gasteiger partial charge is 0.292 e. The minimum atomic E-state index is -0.350. The highest BCUT2D eigenvalue weighted by molar-refractivity contribution is 5.88. The van der Waals surface area contributed by atoms with E-state index >= 15 is 0 Å². The SMILES string of the molecule is CCOCCn1c(C)c(OC#N)c2cc(F)ccc21. The van der Waals surface area contributed by atoms with Crippen LogP contribution in [-0.2, 0) is 11.3 Å². The number of nitriles is 1. The Kier molecular flexibility index (Phi) is 4.03. The predicted octanol–water partition coefficient (Wildman–Crippen LogP) is 2.99. The van der Waals surface area contributed by atoms with Gasteiger partial charge in [0.15, 0.2) is 5.75 Å². The molecule has 0 unspecified atom stereocenters. The highest BCUT2D eigenvalue weighted by Gasteiger charge is 2.16. The summed E-state index contributed by atoms with van der Waals surface area (Å²) in [6.07, 6.45) is 1.65. The van der Waals surface area contributed by atoms with E-state index in [0.29, 0.717) is 30.9 Å². The first-order valence-electron chi connectivity index (χ1n) is 6.11. The lowest BCUT2D eigenvalue weighted by Crippen LogP contribution is -2.07. The molecule has 0 radical (unpaired) electrons. The Morgan fingerprint density at radius 2 is 2.21 bits per heavy atom. The lowest BCUT2D eigenvalue weighted by atomic mass is 10.2. The fourth-order valence-corrected chi connectivity index (χ4v) is 2.19. The third-order valence-corrected chi connectivity index (χ3v) is 3.04. The van der Waals surface area contributed by atoms with Gasteiger partial charge in [0.1, 0.15) is 5.82 Å². The Morgan fingerprint density at radius 1 is 1.42 bits per heavy atom. The molecular formula is C14H15FN2O2. The quantitative estimate of drug-likeness (QED) is 0.614. The van der Waals surface area contributed by atoms with Crippen LogP contribution in [0.3, 0.4) is 0 Å². The molecule has 0 N–H and O–H groups in total. The van der Waals surface area contributed by atoms with Crippen molar-refractivity contribution in [3.8, 4) is 12.0 Å². The third-order valence-electron chi connectivity index (χ3n) is 3.04. The van der Waals surface area contributed by atoms with Crippen molar-refractivity contribution in [2.24, 2.45) is 0 Å². The van der Waals surface area contributed by atoms with Crippen molar-refractivity contribution >= 4 is 10.9 Å². The number of rotatable bonds is 5. The van der Waals surface area contributed by atoms with Gasteiger partial charge in [0.05, 0.1) is 17.8 Å². The fraction of sp³-hybridized carbons (Fsp3) is 0.357. The molecule has 0 aliphatic heterocycles. The molecule has 0 amide bonds. The molecule has 0 aliphatic carbocycles. The maximum atomic E-state index is 13.3. The molecule has 4 nitrogen and oxygen atoms in total. The average molecular weight is 262 g/mol. The molecule has 1 aromatic heterocycles. The molecule has 1 aromatic carbocycles. The lowest BCUT2D eigenvalue weighted by molar-refractivity contribution is 0.139. The molecule has 0 aliphatic rings. The van der Waals surface area contributed by atoms with Crippen LogP contribution in [-0.4, -0.2) is 17.8 Å². The van der Waals surface area contributed by atoms with Gasteiger partial charge in [0.25, 0.3) is 6.26 Å². The van der Waals surface area contributed by atoms with Gasteiger partial charge in [-0.25, -0.2) is 4.39 Å². The van der Waals surface area contributed by atoms with E-state index in [4.69, 9.17) is 14.7 Å². The Labute approximate surface area is 111 Å². The predicted molar refractivity (Wildman–Crippen MR) is 69.4 cm³/mol. The minimum Gasteiger partial charge on any atom is -0.385 e. The molecule has 0 saturated heterocycles. The van der Waals surface area contributed by atoms with Gasteiger partial charge in [0, 0.05) is 18.5 Å². The van der Waals surface area contributed by atoms with Crippen molar-refractivity contribution in [3.05, 3.63) is 29.7 Å². The van der Waals surface area contributed by atoms with Gasteiger partial charge in [0.2, 0.25) is 0 Å². The molecule has 0 fully saturated rings. The van der Waals surface area contributed by atoms with Crippen molar-refractivity contribution in [3.63, 3.8) is 0 Å². The topological polar surface area (TPSA) is 47.2 Å². The minimum absolute atomic E-state index is 0.350. The van der Waals surface area contributed by atoms with Crippen molar-refractivity contribution in [1.82, 2.24) is 4.57 Å². The van der Waals surface area contributed by atoms with E-state index in [2.05, 4.69) is 0 Å². The molecule has 0 spiro atoms. The zero-order valence-corrected chi connectivity index (χ0v) is 10.9. The summed E-state index contributed by atoms with van der Waals surface area (Å²) < 4.78 is 25.6. The average Bonchev–Trinajstić information content (AvgIpc) is 2.64. The highest BCUT2D eigenvalue weighted by atomic mass is 19.1. The Balaban J connectivity index is 2.50. The summed E-state index contributed by atoms with van der Waals surface area (Å²) in [4.78, 5) is 0. The lowest BCUT2D eigenvalue weighted by Gasteiger charge is -2.07. The van der Waals surface area contributed by atoms with Crippen LogP contribution >= 0.6 is 0 Å². The largest absolute Gasteiger partial charge is 0.385 e. The summed E-state index contributed by atoms with van der Waals surface area (Å²) in [7, 11) is 0. The zero-order valence-electron chi connectivity index (χ0n) is 10.9. The Hall–Kier alpha value is -2.06. The fourth-order valence-electron chi connectivity index (χ4n) is 2.19. The van der Waals surface area contributed by atoms with Gasteiger partial charge in [-0.05, 0) is 32.0 Å². The van der Waals surface area contributed by atoms with Gasteiger partial charge in [-0.3, -0.25) is 0 Å². The van der Waals surface area contributed by atoms with Crippen LogP contribution in [0.4, 0.5) is 4.39 Å². The highest BCUT2D eigenvalue weighted by Crippen LogP contribution is 2.33. The Bertz CT molecular complexity index is 628. The number of nitrogens with zero attached hydrogens (tertiary/aromatic N) is 2. The van der Waals surface area contributed by atoms with Gasteiger partial charge in [-0.15, -0.1) is 5.26 Å². The summed E-state index contributed by atoms with van der Waals surface area (Å²) >= 11 is 0. The number of fused-ring (bicyclic) bond motifs is 1. The number of aromatic nitrogens is 1. The second-order valence-electron chi connectivity index (χ2n) is 4.12. The number of hydrogen-bond acceptors (Lipinski definition) is 3. The van der Waals surface area contributed by atoms with E-state index in [1.807, 2.05) is 18.4 Å². The molecule has 5 heteroatoms. The van der Waals surface area contributed by atoms with Crippen molar-refractivity contribution in [2.45, 2.75) is 20.4 Å². The maximum absolute atomic E-state index is 13.3. The number of benzene rings is 1. The molecule has 2 rings (SSSR count). The van der Waals surface area contributed by atoms with Gasteiger partial charge in [-0.1, -0.05) is 0 Å². The molecular weight excluding hydrogens is 247 g/mol. The molecule has 0 bridgehead atoms. The Morgan fingerprint density at radius 3 is 2.89 bits per heavy atom. The van der Waals surface area contributed by atoms with Gasteiger partial charge < -0.3 is 14.0 Å². The van der Waals surface area contributed by atoms with E-state index < -0.39 is 0 Å². The first-order chi connectivity index (χ1) is 9.19. The second-order valence-corrected chi connectivity index (χ2v) is 4.12. The third kappa shape index (κ3) is 2.54. The maximum Gasteiger partial charge on any atom is 0.292 e. The zero-order chi connectivity index (χ0) is 13.8. The molecule has 1 heterocycles. The molecule has 0 saturated carbocycles. The summed E-state index contributed by atoms with van der Waals surface area (Å²) in [6, 6.07) is 4.47. The molecule has 19 heavy (non-hydrogen) atoms. The van der Waals surface area contributed by atoms with Crippen LogP contribution in [0.5, 0.6) is 5.75 Å². The second kappa shape index (κ2) is 5.72. The number of hydrogen-bond donors (Lipinski definition) is 0. The molecule has 2 aromatic rings. The van der Waals surface area contributed by atoms with E-state index in [1.165, 1.54) is 12.1 Å². The van der Waals surface area contributed by atoms with E-state index in [9.17, 15) is 4.39 Å². The monoisotopic (exact) mass is 262 g/mol. The first kappa shape index (κ1) is 13.4. The van der Waals surface area contributed by atoms with E-state index in [-0.39, 0.29) is 5.82 Å². The summed E-state index contributed by atoms with van der Waals surface area (Å²) in [5.74, 6) is 0.0609. The normalized spacial score (nSPS) is 10.6. The van der Waals surface area contributed by atoms with Crippen molar-refractivity contribution in [2.75, 3.05) is 13.2 Å². The molecule has 100 valence electrons. The summed E-state index contributed by atoms with van der Waals surface area (Å²) in [6.45, 7) is 5.62. The van der Waals surface area contributed by atoms with E-state index in [0.717, 1.165) is 11.2 Å². The van der Waals surface area contributed by atoms with Crippen LogP contribution in [0.1, 0.15) is 12.6 Å². The van der Waals surface area contributed by atoms with Crippen molar-refractivity contribution < 1.29 is 13.9 Å². The molecule has 0 atom stereocenters. The van der Waals surface area contributed by atoms with Gasteiger partial charge >= 0.3 is 0 Å². The number of ether oxygens (including phenoxy) is 2. The van der Waals surface area contributed by atoms with Crippen LogP contribution in [0.2, 0.25) is 0 Å². The summed E-state index contributed by atoms with van der Waals surface area (Å²) in [5.41, 5.74) is 1.63. The van der Waals surface area contributed by atoms with Crippen LogP contribution < -0.4 is 4.74 Å². The standard InChI is InChI=1S/C14H15FN2O2/c1-3-18-7-6-17-10(2)14(19-9-16)12-8-11(15)4-5-13(12)17/h4-5,8H,3,6-7H2,1-2H3. The van der Waals surface area contributed by atoms with Gasteiger partial charge in [-0.2, -0.15) is 0 Å². The van der Waals surface area contributed by atoms with Crippen LogP contribution in [0.15, 0.2) is 18.2 Å². The van der Waals surface area contributed by atoms with Crippen LogP contribution in [0, 0.1) is 24.3 Å². The van der Waals surface area contributed by atoms with Crippen LogP contribution in [0.25, 0.3) is 10.9 Å². The first-order valence-corrected chi connectivity index (χ1v) is 6.11. The van der Waals surface area contributed by atoms with Crippen molar-refractivity contribution in [1.29, 1.82) is 5.26 Å². The number of halogens is 1. The van der Waals surface area contributed by atoms with E-state index in [1.54, 1.807) is 12.3 Å². The summed E-state index contributed by atoms with van der Waals surface area (Å²) in [5, 5.41) is 9.30.